The highest BCUT2D eigenvalue weighted by molar-refractivity contribution is 7.99. The number of hydrogen-bond donors (Lipinski definition) is 1. The van der Waals surface area contributed by atoms with Crippen molar-refractivity contribution < 1.29 is 9.53 Å². The lowest BCUT2D eigenvalue weighted by atomic mass is 9.88. The van der Waals surface area contributed by atoms with Gasteiger partial charge in [-0.15, -0.1) is 10.2 Å². The van der Waals surface area contributed by atoms with Gasteiger partial charge in [-0.25, -0.2) is 0 Å². The Hall–Kier alpha value is -2.64. The van der Waals surface area contributed by atoms with Crippen molar-refractivity contribution in [3.8, 4) is 11.4 Å². The van der Waals surface area contributed by atoms with Gasteiger partial charge in [0.2, 0.25) is 5.91 Å². The molecule has 2 aromatic carbocycles. The Kier molecular flexibility index (Phi) is 6.81. The van der Waals surface area contributed by atoms with Crippen LogP contribution in [0.15, 0.2) is 59.8 Å². The molecule has 1 aromatic heterocycles. The van der Waals surface area contributed by atoms with E-state index >= 15 is 0 Å². The van der Waals surface area contributed by atoms with Gasteiger partial charge in [-0.05, 0) is 30.4 Å². The molecule has 1 unspecified atom stereocenters. The fraction of sp³-hybridized carbons (Fsp3) is 0.348. The Labute approximate surface area is 181 Å². The molecule has 1 N–H and O–H groups in total. The van der Waals surface area contributed by atoms with Crippen LogP contribution in [0.2, 0.25) is 0 Å². The van der Waals surface area contributed by atoms with Crippen LogP contribution < -0.4 is 5.32 Å². The highest BCUT2D eigenvalue weighted by Crippen LogP contribution is 2.30. The molecule has 1 aliphatic carbocycles. The summed E-state index contributed by atoms with van der Waals surface area (Å²) in [6, 6.07) is 18.4. The van der Waals surface area contributed by atoms with Crippen LogP contribution in [-0.2, 0) is 22.5 Å². The summed E-state index contributed by atoms with van der Waals surface area (Å²) in [5.41, 5.74) is 3.58. The molecule has 7 heteroatoms. The van der Waals surface area contributed by atoms with Crippen molar-refractivity contribution >= 4 is 17.7 Å². The monoisotopic (exact) mass is 422 g/mol. The third-order valence-electron chi connectivity index (χ3n) is 5.30. The van der Waals surface area contributed by atoms with Crippen LogP contribution in [0.1, 0.15) is 30.0 Å². The topological polar surface area (TPSA) is 69.0 Å². The normalized spacial score (nSPS) is 15.6. The van der Waals surface area contributed by atoms with E-state index in [1.54, 1.807) is 7.11 Å². The van der Waals surface area contributed by atoms with E-state index in [1.807, 2.05) is 41.0 Å². The third kappa shape index (κ3) is 4.74. The second-order valence-corrected chi connectivity index (χ2v) is 8.26. The lowest BCUT2D eigenvalue weighted by molar-refractivity contribution is -0.119. The first kappa shape index (κ1) is 20.6. The molecular formula is C23H26N4O2S. The summed E-state index contributed by atoms with van der Waals surface area (Å²) in [5.74, 6) is 1.11. The standard InChI is InChI=1S/C23H26N4O2S/c1-29-15-14-27-22(18-9-3-2-4-10-18)25-26-23(27)30-16-21(28)24-20-13-7-11-17-8-5-6-12-19(17)20/h2-6,8-10,12,20H,7,11,13-16H2,1H3,(H,24,28). The summed E-state index contributed by atoms with van der Waals surface area (Å²) in [7, 11) is 1.68. The molecule has 0 spiro atoms. The van der Waals surface area contributed by atoms with Gasteiger partial charge in [0.15, 0.2) is 11.0 Å². The minimum Gasteiger partial charge on any atom is -0.383 e. The second-order valence-electron chi connectivity index (χ2n) is 7.32. The molecule has 1 heterocycles. The first-order valence-corrected chi connectivity index (χ1v) is 11.2. The molecule has 1 aliphatic rings. The van der Waals surface area contributed by atoms with Crippen LogP contribution in [0.5, 0.6) is 0 Å². The molecular weight excluding hydrogens is 396 g/mol. The molecule has 3 aromatic rings. The van der Waals surface area contributed by atoms with Gasteiger partial charge in [-0.1, -0.05) is 66.4 Å². The quantitative estimate of drug-likeness (QED) is 0.558. The van der Waals surface area contributed by atoms with E-state index in [-0.39, 0.29) is 11.9 Å². The predicted molar refractivity (Wildman–Crippen MR) is 118 cm³/mol. The molecule has 0 radical (unpaired) electrons. The van der Waals surface area contributed by atoms with Crippen LogP contribution in [0.3, 0.4) is 0 Å². The highest BCUT2D eigenvalue weighted by Gasteiger charge is 2.22. The molecule has 0 fully saturated rings. The Morgan fingerprint density at radius 2 is 1.97 bits per heavy atom. The fourth-order valence-electron chi connectivity index (χ4n) is 3.85. The van der Waals surface area contributed by atoms with Crippen molar-refractivity contribution in [2.45, 2.75) is 37.0 Å². The number of thioether (sulfide) groups is 1. The van der Waals surface area contributed by atoms with Crippen molar-refractivity contribution in [2.24, 2.45) is 0 Å². The number of aryl methyl sites for hydroxylation is 1. The summed E-state index contributed by atoms with van der Waals surface area (Å²) < 4.78 is 7.28. The maximum absolute atomic E-state index is 12.7. The van der Waals surface area contributed by atoms with E-state index < -0.39 is 0 Å². The smallest absolute Gasteiger partial charge is 0.230 e. The summed E-state index contributed by atoms with van der Waals surface area (Å²) in [6.07, 6.45) is 3.17. The average molecular weight is 423 g/mol. The van der Waals surface area contributed by atoms with Crippen LogP contribution in [0.25, 0.3) is 11.4 Å². The van der Waals surface area contributed by atoms with Gasteiger partial charge in [0.05, 0.1) is 24.9 Å². The van der Waals surface area contributed by atoms with Gasteiger partial charge in [0, 0.05) is 12.7 Å². The average Bonchev–Trinajstić information content (AvgIpc) is 3.20. The Morgan fingerprint density at radius 3 is 2.80 bits per heavy atom. The maximum atomic E-state index is 12.7. The molecule has 1 atom stereocenters. The number of methoxy groups -OCH3 is 1. The second kappa shape index (κ2) is 9.91. The Bertz CT molecular complexity index is 990. The highest BCUT2D eigenvalue weighted by atomic mass is 32.2. The van der Waals surface area contributed by atoms with Crippen LogP contribution in [-0.4, -0.2) is 40.1 Å². The number of fused-ring (bicyclic) bond motifs is 1. The maximum Gasteiger partial charge on any atom is 0.230 e. The number of nitrogens with zero attached hydrogens (tertiary/aromatic N) is 3. The molecule has 0 saturated carbocycles. The Morgan fingerprint density at radius 1 is 1.17 bits per heavy atom. The number of carbonyl (C=O) groups excluding carboxylic acids is 1. The number of nitrogens with one attached hydrogen (secondary N) is 1. The molecule has 4 rings (SSSR count). The summed E-state index contributed by atoms with van der Waals surface area (Å²) >= 11 is 1.41. The zero-order valence-corrected chi connectivity index (χ0v) is 17.9. The number of amides is 1. The van der Waals surface area contributed by atoms with Gasteiger partial charge in [-0.3, -0.25) is 9.36 Å². The summed E-state index contributed by atoms with van der Waals surface area (Å²) in [5, 5.41) is 12.6. The van der Waals surface area contributed by atoms with E-state index in [0.29, 0.717) is 18.9 Å². The van der Waals surface area contributed by atoms with Crippen molar-refractivity contribution in [2.75, 3.05) is 19.5 Å². The van der Waals surface area contributed by atoms with Crippen molar-refractivity contribution in [1.29, 1.82) is 0 Å². The fourth-order valence-corrected chi connectivity index (χ4v) is 4.63. The number of benzene rings is 2. The van der Waals surface area contributed by atoms with E-state index in [2.05, 4.69) is 33.7 Å². The number of carbonyl (C=O) groups is 1. The molecule has 1 amide bonds. The van der Waals surface area contributed by atoms with Crippen molar-refractivity contribution in [1.82, 2.24) is 20.1 Å². The lowest BCUT2D eigenvalue weighted by Gasteiger charge is -2.26. The van der Waals surface area contributed by atoms with Gasteiger partial charge in [-0.2, -0.15) is 0 Å². The molecule has 0 aliphatic heterocycles. The van der Waals surface area contributed by atoms with Gasteiger partial charge in [0.25, 0.3) is 0 Å². The number of hydrogen-bond acceptors (Lipinski definition) is 5. The van der Waals surface area contributed by atoms with E-state index in [0.717, 1.165) is 35.8 Å². The zero-order valence-electron chi connectivity index (χ0n) is 17.1. The van der Waals surface area contributed by atoms with E-state index in [4.69, 9.17) is 4.74 Å². The number of aromatic nitrogens is 3. The van der Waals surface area contributed by atoms with E-state index in [1.165, 1.54) is 22.9 Å². The molecule has 30 heavy (non-hydrogen) atoms. The van der Waals surface area contributed by atoms with E-state index in [9.17, 15) is 4.79 Å². The Balaban J connectivity index is 1.43. The third-order valence-corrected chi connectivity index (χ3v) is 6.27. The van der Waals surface area contributed by atoms with Crippen molar-refractivity contribution in [3.05, 3.63) is 65.7 Å². The SMILES string of the molecule is COCCn1c(SCC(=O)NC2CCCc3ccccc32)nnc1-c1ccccc1. The van der Waals surface area contributed by atoms with Gasteiger partial charge >= 0.3 is 0 Å². The van der Waals surface area contributed by atoms with Gasteiger partial charge < -0.3 is 10.1 Å². The minimum absolute atomic E-state index is 0.0178. The molecule has 0 saturated heterocycles. The molecule has 6 nitrogen and oxygen atoms in total. The number of ether oxygens (including phenoxy) is 1. The first-order valence-electron chi connectivity index (χ1n) is 10.2. The first-order chi connectivity index (χ1) is 14.8. The number of rotatable bonds is 8. The summed E-state index contributed by atoms with van der Waals surface area (Å²) in [4.78, 5) is 12.7. The molecule has 156 valence electrons. The largest absolute Gasteiger partial charge is 0.383 e. The van der Waals surface area contributed by atoms with Gasteiger partial charge in [0.1, 0.15) is 0 Å². The predicted octanol–water partition coefficient (Wildman–Crippen LogP) is 3.88. The minimum atomic E-state index is 0.0178. The summed E-state index contributed by atoms with van der Waals surface area (Å²) in [6.45, 7) is 1.18. The van der Waals surface area contributed by atoms with Crippen molar-refractivity contribution in [3.63, 3.8) is 0 Å². The zero-order chi connectivity index (χ0) is 20.8. The van der Waals surface area contributed by atoms with Crippen LogP contribution in [0.4, 0.5) is 0 Å². The van der Waals surface area contributed by atoms with Crippen LogP contribution in [0, 0.1) is 0 Å². The molecule has 0 bridgehead atoms. The van der Waals surface area contributed by atoms with Crippen LogP contribution >= 0.6 is 11.8 Å². The lowest BCUT2D eigenvalue weighted by Crippen LogP contribution is -2.32.